The molecule has 6 heteroatoms. The van der Waals surface area contributed by atoms with E-state index in [4.69, 9.17) is 0 Å². The SMILES string of the molecule is Cc1ccc(C(=O)N(C)C2CCCC2)cc1NS(C)(=O)=O. The average Bonchev–Trinajstić information content (AvgIpc) is 2.92. The minimum atomic E-state index is -3.35. The highest BCUT2D eigenvalue weighted by Gasteiger charge is 2.24. The summed E-state index contributed by atoms with van der Waals surface area (Å²) in [4.78, 5) is 14.3. The van der Waals surface area contributed by atoms with Gasteiger partial charge in [0, 0.05) is 18.7 Å². The highest BCUT2D eigenvalue weighted by molar-refractivity contribution is 7.92. The van der Waals surface area contributed by atoms with E-state index in [-0.39, 0.29) is 5.91 Å². The molecule has 1 aromatic rings. The van der Waals surface area contributed by atoms with Gasteiger partial charge in [-0.25, -0.2) is 8.42 Å². The lowest BCUT2D eigenvalue weighted by molar-refractivity contribution is 0.0735. The molecule has 1 amide bonds. The van der Waals surface area contributed by atoms with Crippen LogP contribution in [0.1, 0.15) is 41.6 Å². The molecule has 0 aliphatic heterocycles. The van der Waals surface area contributed by atoms with Crippen molar-refractivity contribution in [2.24, 2.45) is 0 Å². The molecule has 21 heavy (non-hydrogen) atoms. The van der Waals surface area contributed by atoms with Crippen LogP contribution in [0.2, 0.25) is 0 Å². The molecule has 0 spiro atoms. The van der Waals surface area contributed by atoms with Crippen molar-refractivity contribution in [3.8, 4) is 0 Å². The topological polar surface area (TPSA) is 66.5 Å². The summed E-state index contributed by atoms with van der Waals surface area (Å²) < 4.78 is 25.2. The van der Waals surface area contributed by atoms with Gasteiger partial charge in [0.25, 0.3) is 5.91 Å². The Morgan fingerprint density at radius 3 is 2.48 bits per heavy atom. The van der Waals surface area contributed by atoms with Crippen LogP contribution in [0.5, 0.6) is 0 Å². The fourth-order valence-electron chi connectivity index (χ4n) is 2.73. The normalized spacial score (nSPS) is 16.0. The molecule has 1 aromatic carbocycles. The molecule has 0 radical (unpaired) electrons. The van der Waals surface area contributed by atoms with E-state index in [1.807, 2.05) is 14.0 Å². The highest BCUT2D eigenvalue weighted by Crippen LogP contribution is 2.25. The van der Waals surface area contributed by atoms with Gasteiger partial charge in [-0.05, 0) is 37.5 Å². The van der Waals surface area contributed by atoms with Crippen molar-refractivity contribution in [2.45, 2.75) is 38.6 Å². The molecular formula is C15H22N2O3S. The zero-order valence-electron chi connectivity index (χ0n) is 12.7. The number of anilines is 1. The zero-order valence-corrected chi connectivity index (χ0v) is 13.5. The third kappa shape index (κ3) is 3.97. The van der Waals surface area contributed by atoms with E-state index in [1.165, 1.54) is 0 Å². The van der Waals surface area contributed by atoms with Crippen LogP contribution in [0.15, 0.2) is 18.2 Å². The summed E-state index contributed by atoms with van der Waals surface area (Å²) in [5, 5.41) is 0. The van der Waals surface area contributed by atoms with E-state index in [2.05, 4.69) is 4.72 Å². The number of carbonyl (C=O) groups excluding carboxylic acids is 1. The molecule has 1 N–H and O–H groups in total. The molecule has 1 aliphatic rings. The standard InChI is InChI=1S/C15H22N2O3S/c1-11-8-9-12(10-14(11)16-21(3,19)20)15(18)17(2)13-6-4-5-7-13/h8-10,13,16H,4-7H2,1-3H3. The van der Waals surface area contributed by atoms with E-state index >= 15 is 0 Å². The van der Waals surface area contributed by atoms with Gasteiger partial charge in [0.1, 0.15) is 0 Å². The van der Waals surface area contributed by atoms with Crippen LogP contribution in [0, 0.1) is 6.92 Å². The molecular weight excluding hydrogens is 288 g/mol. The second-order valence-electron chi connectivity index (χ2n) is 5.76. The number of carbonyl (C=O) groups is 1. The van der Waals surface area contributed by atoms with Gasteiger partial charge in [-0.2, -0.15) is 0 Å². The molecule has 1 aliphatic carbocycles. The number of nitrogens with zero attached hydrogens (tertiary/aromatic N) is 1. The van der Waals surface area contributed by atoms with Gasteiger partial charge in [0.15, 0.2) is 0 Å². The van der Waals surface area contributed by atoms with Crippen LogP contribution in [0.25, 0.3) is 0 Å². The summed E-state index contributed by atoms with van der Waals surface area (Å²) in [6.07, 6.45) is 5.52. The Labute approximate surface area is 126 Å². The Morgan fingerprint density at radius 2 is 1.90 bits per heavy atom. The molecule has 1 fully saturated rings. The van der Waals surface area contributed by atoms with Crippen LogP contribution >= 0.6 is 0 Å². The molecule has 2 rings (SSSR count). The molecule has 0 unspecified atom stereocenters. The van der Waals surface area contributed by atoms with Crippen molar-refractivity contribution < 1.29 is 13.2 Å². The Balaban J connectivity index is 2.23. The van der Waals surface area contributed by atoms with Crippen LogP contribution < -0.4 is 4.72 Å². The third-order valence-corrected chi connectivity index (χ3v) is 4.56. The number of aryl methyl sites for hydroxylation is 1. The van der Waals surface area contributed by atoms with Gasteiger partial charge in [-0.3, -0.25) is 9.52 Å². The van der Waals surface area contributed by atoms with Gasteiger partial charge in [0.05, 0.1) is 11.9 Å². The number of benzene rings is 1. The zero-order chi connectivity index (χ0) is 15.6. The quantitative estimate of drug-likeness (QED) is 0.928. The lowest BCUT2D eigenvalue weighted by Gasteiger charge is -2.24. The molecule has 0 atom stereocenters. The summed E-state index contributed by atoms with van der Waals surface area (Å²) in [6, 6.07) is 5.43. The van der Waals surface area contributed by atoms with Crippen LogP contribution in [-0.2, 0) is 10.0 Å². The fourth-order valence-corrected chi connectivity index (χ4v) is 3.35. The smallest absolute Gasteiger partial charge is 0.253 e. The van der Waals surface area contributed by atoms with Crippen molar-refractivity contribution in [3.63, 3.8) is 0 Å². The largest absolute Gasteiger partial charge is 0.339 e. The molecule has 5 nitrogen and oxygen atoms in total. The number of hydrogen-bond donors (Lipinski definition) is 1. The Morgan fingerprint density at radius 1 is 1.29 bits per heavy atom. The van der Waals surface area contributed by atoms with Gasteiger partial charge in [-0.15, -0.1) is 0 Å². The van der Waals surface area contributed by atoms with Crippen molar-refractivity contribution in [1.82, 2.24) is 4.90 Å². The first-order chi connectivity index (χ1) is 9.78. The van der Waals surface area contributed by atoms with Gasteiger partial charge < -0.3 is 4.90 Å². The van der Waals surface area contributed by atoms with Crippen LogP contribution in [-0.4, -0.2) is 38.6 Å². The second-order valence-corrected chi connectivity index (χ2v) is 7.51. The molecule has 0 bridgehead atoms. The molecule has 0 aromatic heterocycles. The number of sulfonamides is 1. The van der Waals surface area contributed by atoms with E-state index in [9.17, 15) is 13.2 Å². The summed E-state index contributed by atoms with van der Waals surface area (Å²) in [5.74, 6) is -0.0570. The fraction of sp³-hybridized carbons (Fsp3) is 0.533. The lowest BCUT2D eigenvalue weighted by atomic mass is 10.1. The summed E-state index contributed by atoms with van der Waals surface area (Å²) in [7, 11) is -1.53. The first kappa shape index (κ1) is 15.8. The maximum absolute atomic E-state index is 12.5. The molecule has 116 valence electrons. The maximum Gasteiger partial charge on any atom is 0.253 e. The first-order valence-corrected chi connectivity index (χ1v) is 9.02. The summed E-state index contributed by atoms with van der Waals surface area (Å²) in [5.41, 5.74) is 1.77. The molecule has 0 heterocycles. The maximum atomic E-state index is 12.5. The third-order valence-electron chi connectivity index (χ3n) is 3.97. The Hall–Kier alpha value is -1.56. The Bertz CT molecular complexity index is 634. The van der Waals surface area contributed by atoms with Crippen LogP contribution in [0.3, 0.4) is 0 Å². The molecule has 1 saturated carbocycles. The lowest BCUT2D eigenvalue weighted by Crippen LogP contribution is -2.35. The highest BCUT2D eigenvalue weighted by atomic mass is 32.2. The predicted octanol–water partition coefficient (Wildman–Crippen LogP) is 2.38. The van der Waals surface area contributed by atoms with E-state index in [0.717, 1.165) is 37.5 Å². The van der Waals surface area contributed by atoms with Crippen LogP contribution in [0.4, 0.5) is 5.69 Å². The predicted molar refractivity (Wildman–Crippen MR) is 84.0 cm³/mol. The van der Waals surface area contributed by atoms with Gasteiger partial charge >= 0.3 is 0 Å². The first-order valence-electron chi connectivity index (χ1n) is 7.13. The summed E-state index contributed by atoms with van der Waals surface area (Å²) >= 11 is 0. The van der Waals surface area contributed by atoms with E-state index in [1.54, 1.807) is 23.1 Å². The number of nitrogens with one attached hydrogen (secondary N) is 1. The van der Waals surface area contributed by atoms with E-state index in [0.29, 0.717) is 17.3 Å². The Kier molecular flexibility index (Phi) is 4.56. The van der Waals surface area contributed by atoms with Gasteiger partial charge in [0.2, 0.25) is 10.0 Å². The van der Waals surface area contributed by atoms with Gasteiger partial charge in [-0.1, -0.05) is 18.9 Å². The average molecular weight is 310 g/mol. The van der Waals surface area contributed by atoms with Crippen molar-refractivity contribution in [3.05, 3.63) is 29.3 Å². The minimum absolute atomic E-state index is 0.0570. The number of rotatable bonds is 4. The van der Waals surface area contributed by atoms with Crippen molar-refractivity contribution >= 4 is 21.6 Å². The van der Waals surface area contributed by atoms with Crippen molar-refractivity contribution in [1.29, 1.82) is 0 Å². The number of hydrogen-bond acceptors (Lipinski definition) is 3. The monoisotopic (exact) mass is 310 g/mol. The molecule has 0 saturated heterocycles. The minimum Gasteiger partial charge on any atom is -0.339 e. The summed E-state index contributed by atoms with van der Waals surface area (Å²) in [6.45, 7) is 1.81. The van der Waals surface area contributed by atoms with E-state index < -0.39 is 10.0 Å². The van der Waals surface area contributed by atoms with Crippen molar-refractivity contribution in [2.75, 3.05) is 18.0 Å². The number of amides is 1. The second kappa shape index (κ2) is 6.05.